The highest BCUT2D eigenvalue weighted by molar-refractivity contribution is 6.00. The molecule has 2 aromatic carbocycles. The first-order chi connectivity index (χ1) is 9.83. The zero-order valence-electron chi connectivity index (χ0n) is 11.5. The summed E-state index contributed by atoms with van der Waals surface area (Å²) in [5, 5.41) is 8.43. The predicted octanol–water partition coefficient (Wildman–Crippen LogP) is 3.39. The third kappa shape index (κ3) is 1.75. The molecule has 1 N–H and O–H groups in total. The van der Waals surface area contributed by atoms with Gasteiger partial charge in [0.05, 0.1) is 0 Å². The molecule has 0 radical (unpaired) electrons. The van der Waals surface area contributed by atoms with Gasteiger partial charge in [-0.2, -0.15) is 0 Å². The molecule has 0 aromatic heterocycles. The summed E-state index contributed by atoms with van der Waals surface area (Å²) in [7, 11) is 0. The Kier molecular flexibility index (Phi) is 2.62. The van der Waals surface area contributed by atoms with Crippen LogP contribution in [0.2, 0.25) is 0 Å². The summed E-state index contributed by atoms with van der Waals surface area (Å²) < 4.78 is 0. The number of hydrogen-bond acceptors (Lipinski definition) is 1. The number of rotatable bonds is 1. The Morgan fingerprint density at radius 2 is 1.60 bits per heavy atom. The molecule has 2 nitrogen and oxygen atoms in total. The van der Waals surface area contributed by atoms with E-state index in [4.69, 9.17) is 5.41 Å². The Morgan fingerprint density at radius 3 is 2.40 bits per heavy atom. The van der Waals surface area contributed by atoms with E-state index in [9.17, 15) is 0 Å². The van der Waals surface area contributed by atoms with Crippen LogP contribution < -0.4 is 0 Å². The van der Waals surface area contributed by atoms with Gasteiger partial charge in [0.2, 0.25) is 0 Å². The molecule has 4 rings (SSSR count). The molecule has 1 aliphatic carbocycles. The molecule has 20 heavy (non-hydrogen) atoms. The first-order valence-electron chi connectivity index (χ1n) is 7.33. The molecule has 0 saturated carbocycles. The van der Waals surface area contributed by atoms with Gasteiger partial charge in [0, 0.05) is 18.2 Å². The summed E-state index contributed by atoms with van der Waals surface area (Å²) >= 11 is 0. The minimum Gasteiger partial charge on any atom is -0.349 e. The number of hydrogen-bond donors (Lipinski definition) is 1. The van der Waals surface area contributed by atoms with Crippen molar-refractivity contribution >= 4 is 5.84 Å². The molecular formula is C18H18N2. The average Bonchev–Trinajstić information content (AvgIpc) is 2.84. The van der Waals surface area contributed by atoms with Gasteiger partial charge in [0.25, 0.3) is 0 Å². The second kappa shape index (κ2) is 4.48. The van der Waals surface area contributed by atoms with Gasteiger partial charge in [-0.1, -0.05) is 48.5 Å². The van der Waals surface area contributed by atoms with E-state index in [1.165, 1.54) is 16.7 Å². The van der Waals surface area contributed by atoms with Gasteiger partial charge >= 0.3 is 0 Å². The Labute approximate surface area is 119 Å². The van der Waals surface area contributed by atoms with Gasteiger partial charge < -0.3 is 4.90 Å². The van der Waals surface area contributed by atoms with Gasteiger partial charge in [0.1, 0.15) is 5.84 Å². The van der Waals surface area contributed by atoms with E-state index in [0.29, 0.717) is 11.9 Å². The monoisotopic (exact) mass is 262 g/mol. The molecule has 0 saturated heterocycles. The third-order valence-electron chi connectivity index (χ3n) is 4.66. The lowest BCUT2D eigenvalue weighted by Crippen LogP contribution is -2.39. The fourth-order valence-corrected chi connectivity index (χ4v) is 3.56. The van der Waals surface area contributed by atoms with Gasteiger partial charge in [-0.15, -0.1) is 0 Å². The Morgan fingerprint density at radius 1 is 0.900 bits per heavy atom. The van der Waals surface area contributed by atoms with E-state index in [1.54, 1.807) is 0 Å². The van der Waals surface area contributed by atoms with Crippen molar-refractivity contribution in [3.63, 3.8) is 0 Å². The maximum atomic E-state index is 8.43. The highest BCUT2D eigenvalue weighted by atomic mass is 15.2. The van der Waals surface area contributed by atoms with Gasteiger partial charge in [-0.3, -0.25) is 5.41 Å². The maximum absolute atomic E-state index is 8.43. The Bertz CT molecular complexity index is 675. The van der Waals surface area contributed by atoms with Crippen molar-refractivity contribution in [2.45, 2.75) is 31.8 Å². The largest absolute Gasteiger partial charge is 0.349 e. The quantitative estimate of drug-likeness (QED) is 0.838. The van der Waals surface area contributed by atoms with Crippen molar-refractivity contribution in [1.82, 2.24) is 4.90 Å². The predicted molar refractivity (Wildman–Crippen MR) is 81.1 cm³/mol. The summed E-state index contributed by atoms with van der Waals surface area (Å²) in [6.07, 6.45) is 3.38. The number of amidine groups is 1. The van der Waals surface area contributed by atoms with E-state index in [-0.39, 0.29) is 0 Å². The number of benzene rings is 2. The summed E-state index contributed by atoms with van der Waals surface area (Å²) in [5.41, 5.74) is 5.38. The molecule has 0 bridgehead atoms. The van der Waals surface area contributed by atoms with Gasteiger partial charge in [-0.05, 0) is 36.0 Å². The molecule has 1 unspecified atom stereocenters. The van der Waals surface area contributed by atoms with Crippen LogP contribution in [0.1, 0.15) is 28.7 Å². The van der Waals surface area contributed by atoms with Crippen LogP contribution in [0, 0.1) is 5.41 Å². The van der Waals surface area contributed by atoms with Crippen molar-refractivity contribution in [3.8, 4) is 0 Å². The fourth-order valence-electron chi connectivity index (χ4n) is 3.56. The summed E-state index contributed by atoms with van der Waals surface area (Å²) in [6, 6.07) is 17.6. The lowest BCUT2D eigenvalue weighted by Gasteiger charge is -2.33. The normalized spacial score (nSPS) is 20.7. The maximum Gasteiger partial charge on any atom is 0.128 e. The molecule has 2 aromatic rings. The second-order valence-electron chi connectivity index (χ2n) is 5.80. The molecule has 100 valence electrons. The molecule has 2 aliphatic rings. The Balaban J connectivity index is 1.61. The molecule has 1 atom stereocenters. The zero-order chi connectivity index (χ0) is 13.5. The van der Waals surface area contributed by atoms with E-state index >= 15 is 0 Å². The highest BCUT2D eigenvalue weighted by Crippen LogP contribution is 2.30. The van der Waals surface area contributed by atoms with E-state index in [2.05, 4.69) is 47.4 Å². The molecule has 1 heterocycles. The Hall–Kier alpha value is -2.09. The first-order valence-corrected chi connectivity index (χ1v) is 7.33. The van der Waals surface area contributed by atoms with Crippen molar-refractivity contribution in [3.05, 3.63) is 70.8 Å². The van der Waals surface area contributed by atoms with Crippen LogP contribution in [0.3, 0.4) is 0 Å². The van der Waals surface area contributed by atoms with Crippen LogP contribution in [-0.4, -0.2) is 16.8 Å². The average molecular weight is 262 g/mol. The lowest BCUT2D eigenvalue weighted by molar-refractivity contribution is 0.286. The summed E-state index contributed by atoms with van der Waals surface area (Å²) in [5.74, 6) is 0.713. The first kappa shape index (κ1) is 11.7. The number of nitrogens with zero attached hydrogens (tertiary/aromatic N) is 1. The van der Waals surface area contributed by atoms with Crippen LogP contribution in [-0.2, 0) is 19.4 Å². The minimum absolute atomic E-state index is 0.477. The summed E-state index contributed by atoms with van der Waals surface area (Å²) in [6.45, 7) is 0.905. The number of fused-ring (bicyclic) bond motifs is 2. The molecular weight excluding hydrogens is 244 g/mol. The van der Waals surface area contributed by atoms with Crippen LogP contribution in [0.25, 0.3) is 0 Å². The van der Waals surface area contributed by atoms with Crippen LogP contribution in [0.4, 0.5) is 0 Å². The van der Waals surface area contributed by atoms with E-state index < -0.39 is 0 Å². The fraction of sp³-hybridized carbons (Fsp3) is 0.278. The van der Waals surface area contributed by atoms with E-state index in [1.807, 2.05) is 6.07 Å². The van der Waals surface area contributed by atoms with Crippen molar-refractivity contribution in [2.24, 2.45) is 0 Å². The molecule has 1 aliphatic heterocycles. The van der Waals surface area contributed by atoms with Crippen molar-refractivity contribution in [1.29, 1.82) is 5.41 Å². The second-order valence-corrected chi connectivity index (χ2v) is 5.80. The molecule has 0 spiro atoms. The zero-order valence-corrected chi connectivity index (χ0v) is 11.5. The molecule has 0 amide bonds. The third-order valence-corrected chi connectivity index (χ3v) is 4.66. The SMILES string of the molecule is N=C1c2ccccc2CN1C1CCc2ccccc2C1. The van der Waals surface area contributed by atoms with Gasteiger partial charge in [0.15, 0.2) is 0 Å². The minimum atomic E-state index is 0.477. The van der Waals surface area contributed by atoms with Crippen molar-refractivity contribution in [2.75, 3.05) is 0 Å². The van der Waals surface area contributed by atoms with Crippen LogP contribution in [0.15, 0.2) is 48.5 Å². The van der Waals surface area contributed by atoms with Gasteiger partial charge in [-0.25, -0.2) is 0 Å². The van der Waals surface area contributed by atoms with E-state index in [0.717, 1.165) is 31.4 Å². The van der Waals surface area contributed by atoms with Crippen LogP contribution in [0.5, 0.6) is 0 Å². The number of aryl methyl sites for hydroxylation is 1. The molecule has 2 heteroatoms. The number of nitrogens with one attached hydrogen (secondary N) is 1. The van der Waals surface area contributed by atoms with Crippen LogP contribution >= 0.6 is 0 Å². The van der Waals surface area contributed by atoms with Crippen molar-refractivity contribution < 1.29 is 0 Å². The lowest BCUT2D eigenvalue weighted by atomic mass is 9.87. The highest BCUT2D eigenvalue weighted by Gasteiger charge is 2.31. The standard InChI is InChI=1S/C18H18N2/c19-18-17-8-4-3-7-15(17)12-20(18)16-10-9-13-5-1-2-6-14(13)11-16/h1-8,16,19H,9-12H2. The molecule has 0 fully saturated rings. The topological polar surface area (TPSA) is 27.1 Å². The smallest absolute Gasteiger partial charge is 0.128 e. The summed E-state index contributed by atoms with van der Waals surface area (Å²) in [4.78, 5) is 2.29.